The van der Waals surface area contributed by atoms with Gasteiger partial charge < -0.3 is 10.0 Å². The highest BCUT2D eigenvalue weighted by Gasteiger charge is 2.41. The molecule has 0 bridgehead atoms. The van der Waals surface area contributed by atoms with Gasteiger partial charge in [0.05, 0.1) is 6.61 Å². The largest absolute Gasteiger partial charge is 0.395 e. The van der Waals surface area contributed by atoms with E-state index in [0.29, 0.717) is 6.04 Å². The molecule has 1 aromatic carbocycles. The number of β-amino-alcohol motifs (C(OH)–C–C–N with tert-alkyl or cyclic N) is 1. The van der Waals surface area contributed by atoms with Crippen LogP contribution in [0.1, 0.15) is 31.9 Å². The van der Waals surface area contributed by atoms with Gasteiger partial charge in [-0.2, -0.15) is 0 Å². The van der Waals surface area contributed by atoms with Crippen molar-refractivity contribution in [2.24, 2.45) is 0 Å². The summed E-state index contributed by atoms with van der Waals surface area (Å²) in [6.45, 7) is 9.88. The lowest BCUT2D eigenvalue weighted by atomic mass is 9.81. The number of aliphatic hydroxyl groups excluding tert-OH is 1. The number of anilines is 1. The molecule has 1 heterocycles. The van der Waals surface area contributed by atoms with Gasteiger partial charge >= 0.3 is 0 Å². The maximum absolute atomic E-state index is 9.15. The SMILES string of the molecule is Cc1ccc2c(c1)C(C)(C)C(C)N2CCO.I. The Kier molecular flexibility index (Phi) is 4.47. The lowest BCUT2D eigenvalue weighted by Gasteiger charge is -2.31. The molecule has 1 aromatic rings. The average Bonchev–Trinajstić information content (AvgIpc) is 2.41. The molecule has 3 heteroatoms. The second-order valence-electron chi connectivity index (χ2n) is 5.34. The molecule has 0 aliphatic carbocycles. The van der Waals surface area contributed by atoms with Gasteiger partial charge in [-0.25, -0.2) is 0 Å². The van der Waals surface area contributed by atoms with E-state index in [4.69, 9.17) is 5.11 Å². The van der Waals surface area contributed by atoms with Gasteiger partial charge in [-0.05, 0) is 25.5 Å². The molecule has 0 saturated carbocycles. The minimum Gasteiger partial charge on any atom is -0.395 e. The van der Waals surface area contributed by atoms with Crippen molar-refractivity contribution in [1.82, 2.24) is 0 Å². The van der Waals surface area contributed by atoms with Crippen molar-refractivity contribution in [3.63, 3.8) is 0 Å². The fraction of sp³-hybridized carbons (Fsp3) is 0.571. The van der Waals surface area contributed by atoms with Crippen LogP contribution in [-0.4, -0.2) is 24.3 Å². The van der Waals surface area contributed by atoms with Gasteiger partial charge in [0.25, 0.3) is 0 Å². The second-order valence-corrected chi connectivity index (χ2v) is 5.34. The molecule has 1 N–H and O–H groups in total. The third-order valence-electron chi connectivity index (χ3n) is 4.01. The summed E-state index contributed by atoms with van der Waals surface area (Å²) < 4.78 is 0. The Hall–Kier alpha value is -0.290. The molecule has 2 rings (SSSR count). The summed E-state index contributed by atoms with van der Waals surface area (Å²) in [4.78, 5) is 2.31. The van der Waals surface area contributed by atoms with E-state index < -0.39 is 0 Å². The predicted octanol–water partition coefficient (Wildman–Crippen LogP) is 3.09. The zero-order valence-electron chi connectivity index (χ0n) is 11.0. The van der Waals surface area contributed by atoms with Gasteiger partial charge in [0.2, 0.25) is 0 Å². The minimum atomic E-state index is 0. The predicted molar refractivity (Wildman–Crippen MR) is 83.5 cm³/mol. The fourth-order valence-electron chi connectivity index (χ4n) is 2.66. The summed E-state index contributed by atoms with van der Waals surface area (Å²) in [6, 6.07) is 7.06. The van der Waals surface area contributed by atoms with E-state index in [0.717, 1.165) is 6.54 Å². The van der Waals surface area contributed by atoms with Crippen molar-refractivity contribution in [2.75, 3.05) is 18.1 Å². The monoisotopic (exact) mass is 347 g/mol. The van der Waals surface area contributed by atoms with E-state index in [-0.39, 0.29) is 36.0 Å². The number of aryl methyl sites for hydroxylation is 1. The van der Waals surface area contributed by atoms with Crippen LogP contribution < -0.4 is 4.90 Å². The van der Waals surface area contributed by atoms with Crippen LogP contribution in [0.3, 0.4) is 0 Å². The number of benzene rings is 1. The third kappa shape index (κ3) is 2.32. The smallest absolute Gasteiger partial charge is 0.0606 e. The molecular formula is C14H22INO. The van der Waals surface area contributed by atoms with Gasteiger partial charge in [0, 0.05) is 23.7 Å². The summed E-state index contributed by atoms with van der Waals surface area (Å²) in [5, 5.41) is 9.15. The van der Waals surface area contributed by atoms with Crippen LogP contribution in [0.15, 0.2) is 18.2 Å². The van der Waals surface area contributed by atoms with Crippen LogP contribution in [0.2, 0.25) is 0 Å². The first-order valence-corrected chi connectivity index (χ1v) is 5.97. The highest BCUT2D eigenvalue weighted by Crippen LogP contribution is 2.44. The molecule has 0 aromatic heterocycles. The van der Waals surface area contributed by atoms with Crippen molar-refractivity contribution < 1.29 is 5.11 Å². The van der Waals surface area contributed by atoms with E-state index in [1.807, 2.05) is 0 Å². The summed E-state index contributed by atoms with van der Waals surface area (Å²) in [6.07, 6.45) is 0. The first-order chi connectivity index (χ1) is 7.48. The summed E-state index contributed by atoms with van der Waals surface area (Å²) >= 11 is 0. The Balaban J connectivity index is 0.00000144. The van der Waals surface area contributed by atoms with Crippen LogP contribution in [-0.2, 0) is 5.41 Å². The highest BCUT2D eigenvalue weighted by atomic mass is 127. The van der Waals surface area contributed by atoms with E-state index in [9.17, 15) is 0 Å². The molecule has 1 aliphatic rings. The zero-order valence-corrected chi connectivity index (χ0v) is 13.4. The Morgan fingerprint density at radius 3 is 2.59 bits per heavy atom. The normalized spacial score (nSPS) is 21.0. The third-order valence-corrected chi connectivity index (χ3v) is 4.01. The van der Waals surface area contributed by atoms with Crippen LogP contribution in [0.25, 0.3) is 0 Å². The molecule has 1 atom stereocenters. The number of halogens is 1. The molecule has 0 saturated heterocycles. The van der Waals surface area contributed by atoms with Crippen molar-refractivity contribution >= 4 is 29.7 Å². The Labute approximate surface area is 121 Å². The molecular weight excluding hydrogens is 325 g/mol. The zero-order chi connectivity index (χ0) is 11.9. The van der Waals surface area contributed by atoms with Crippen molar-refractivity contribution in [1.29, 1.82) is 0 Å². The van der Waals surface area contributed by atoms with Gasteiger partial charge in [-0.1, -0.05) is 31.5 Å². The number of rotatable bonds is 2. The number of nitrogens with zero attached hydrogens (tertiary/aromatic N) is 1. The van der Waals surface area contributed by atoms with Crippen molar-refractivity contribution in [3.8, 4) is 0 Å². The molecule has 17 heavy (non-hydrogen) atoms. The lowest BCUT2D eigenvalue weighted by Crippen LogP contribution is -2.40. The standard InChI is InChI=1S/C14H21NO.HI/c1-10-5-6-13-12(9-10)14(3,4)11(2)15(13)7-8-16;/h5-6,9,11,16H,7-8H2,1-4H3;1H. The molecule has 1 aliphatic heterocycles. The number of aliphatic hydroxyl groups is 1. The quantitative estimate of drug-likeness (QED) is 0.831. The Bertz CT molecular complexity index is 403. The molecule has 1 unspecified atom stereocenters. The maximum Gasteiger partial charge on any atom is 0.0606 e. The Morgan fingerprint density at radius 2 is 2.00 bits per heavy atom. The number of fused-ring (bicyclic) bond motifs is 1. The highest BCUT2D eigenvalue weighted by molar-refractivity contribution is 14.0. The molecule has 2 nitrogen and oxygen atoms in total. The van der Waals surface area contributed by atoms with Gasteiger partial charge in [-0.3, -0.25) is 0 Å². The van der Waals surface area contributed by atoms with Crippen LogP contribution >= 0.6 is 24.0 Å². The summed E-state index contributed by atoms with van der Waals surface area (Å²) in [7, 11) is 0. The van der Waals surface area contributed by atoms with E-state index in [1.165, 1.54) is 16.8 Å². The van der Waals surface area contributed by atoms with Crippen LogP contribution in [0, 0.1) is 6.92 Å². The van der Waals surface area contributed by atoms with E-state index >= 15 is 0 Å². The molecule has 0 radical (unpaired) electrons. The molecule has 96 valence electrons. The summed E-state index contributed by atoms with van der Waals surface area (Å²) in [5.74, 6) is 0. The van der Waals surface area contributed by atoms with Gasteiger partial charge in [0.15, 0.2) is 0 Å². The topological polar surface area (TPSA) is 23.5 Å². The maximum atomic E-state index is 9.15. The molecule has 0 fully saturated rings. The van der Waals surface area contributed by atoms with Crippen molar-refractivity contribution in [3.05, 3.63) is 29.3 Å². The number of hydrogen-bond acceptors (Lipinski definition) is 2. The minimum absolute atomic E-state index is 0. The van der Waals surface area contributed by atoms with Gasteiger partial charge in [0.1, 0.15) is 0 Å². The average molecular weight is 347 g/mol. The van der Waals surface area contributed by atoms with Gasteiger partial charge in [-0.15, -0.1) is 24.0 Å². The fourth-order valence-corrected chi connectivity index (χ4v) is 2.66. The molecule has 0 amide bonds. The van der Waals surface area contributed by atoms with E-state index in [1.54, 1.807) is 0 Å². The Morgan fingerprint density at radius 1 is 1.35 bits per heavy atom. The summed E-state index contributed by atoms with van der Waals surface area (Å²) in [5.41, 5.74) is 4.17. The van der Waals surface area contributed by atoms with Crippen LogP contribution in [0.4, 0.5) is 5.69 Å². The second kappa shape index (κ2) is 5.14. The first-order valence-electron chi connectivity index (χ1n) is 5.97. The lowest BCUT2D eigenvalue weighted by molar-refractivity contribution is 0.293. The number of hydrogen-bond donors (Lipinski definition) is 1. The first kappa shape index (κ1) is 14.8. The molecule has 0 spiro atoms. The van der Waals surface area contributed by atoms with Crippen LogP contribution in [0.5, 0.6) is 0 Å². The van der Waals surface area contributed by atoms with E-state index in [2.05, 4.69) is 50.8 Å². The van der Waals surface area contributed by atoms with Crippen molar-refractivity contribution in [2.45, 2.75) is 39.2 Å².